The van der Waals surface area contributed by atoms with Crippen LogP contribution in [0.15, 0.2) is 51.7 Å². The lowest BCUT2D eigenvalue weighted by Gasteiger charge is -2.13. The molecule has 0 aliphatic carbocycles. The van der Waals surface area contributed by atoms with Crippen molar-refractivity contribution in [1.29, 1.82) is 0 Å². The molecule has 0 atom stereocenters. The Hall–Kier alpha value is -2.95. The van der Waals surface area contributed by atoms with Gasteiger partial charge in [0.05, 0.1) is 19.1 Å². The Kier molecular flexibility index (Phi) is 5.69. The van der Waals surface area contributed by atoms with Crippen LogP contribution in [0.4, 0.5) is 5.69 Å². The first-order chi connectivity index (χ1) is 13.0. The minimum atomic E-state index is -0.339. The molecule has 27 heavy (non-hydrogen) atoms. The summed E-state index contributed by atoms with van der Waals surface area (Å²) in [7, 11) is 5.60. The van der Waals surface area contributed by atoms with Crippen LogP contribution >= 0.6 is 0 Å². The molecule has 0 aliphatic rings. The van der Waals surface area contributed by atoms with Gasteiger partial charge in [0.2, 0.25) is 0 Å². The molecule has 5 heteroatoms. The van der Waals surface area contributed by atoms with E-state index in [1.165, 1.54) is 0 Å². The molecule has 0 saturated carbocycles. The molecule has 0 amide bonds. The molecule has 0 fully saturated rings. The third-order valence-corrected chi connectivity index (χ3v) is 4.40. The molecule has 2 aromatic carbocycles. The number of ether oxygens (including phenoxy) is 2. The van der Waals surface area contributed by atoms with Gasteiger partial charge in [-0.2, -0.15) is 0 Å². The third-order valence-electron chi connectivity index (χ3n) is 4.40. The monoisotopic (exact) mass is 367 g/mol. The summed E-state index contributed by atoms with van der Waals surface area (Å²) in [6, 6.07) is 13.5. The zero-order valence-corrected chi connectivity index (χ0v) is 16.2. The van der Waals surface area contributed by atoms with E-state index in [-0.39, 0.29) is 5.63 Å². The molecular weight excluding hydrogens is 342 g/mol. The molecule has 5 nitrogen and oxygen atoms in total. The van der Waals surface area contributed by atoms with Gasteiger partial charge in [0, 0.05) is 43.9 Å². The standard InChI is InChI=1S/C22H25NO4/c1-5-10-26-18-13-20(25-4)19-12-16(22(24)27-21(19)14-18)11-15-6-8-17(9-7-15)23(2)3/h6-9,12-14H,5,10-11H2,1-4H3. The van der Waals surface area contributed by atoms with Gasteiger partial charge in [-0.05, 0) is 30.2 Å². The number of hydrogen-bond acceptors (Lipinski definition) is 5. The second-order valence-electron chi connectivity index (χ2n) is 6.68. The molecule has 0 unspecified atom stereocenters. The van der Waals surface area contributed by atoms with E-state index >= 15 is 0 Å². The summed E-state index contributed by atoms with van der Waals surface area (Å²) in [6.07, 6.45) is 1.40. The first-order valence-electron chi connectivity index (χ1n) is 9.05. The Morgan fingerprint density at radius 1 is 1.07 bits per heavy atom. The number of fused-ring (bicyclic) bond motifs is 1. The van der Waals surface area contributed by atoms with Gasteiger partial charge in [0.1, 0.15) is 17.1 Å². The summed E-state index contributed by atoms with van der Waals surface area (Å²) in [4.78, 5) is 14.5. The topological polar surface area (TPSA) is 51.9 Å². The molecule has 3 aromatic rings. The zero-order chi connectivity index (χ0) is 19.4. The van der Waals surface area contributed by atoms with Crippen molar-refractivity contribution in [3.63, 3.8) is 0 Å². The summed E-state index contributed by atoms with van der Waals surface area (Å²) in [5, 5.41) is 0.765. The van der Waals surface area contributed by atoms with E-state index in [4.69, 9.17) is 13.9 Å². The molecule has 0 radical (unpaired) electrons. The van der Waals surface area contributed by atoms with Crippen LogP contribution in [0.25, 0.3) is 11.0 Å². The highest BCUT2D eigenvalue weighted by atomic mass is 16.5. The van der Waals surface area contributed by atoms with Gasteiger partial charge in [0.15, 0.2) is 0 Å². The number of nitrogens with zero attached hydrogens (tertiary/aromatic N) is 1. The summed E-state index contributed by atoms with van der Waals surface area (Å²) in [5.41, 5.74) is 2.89. The van der Waals surface area contributed by atoms with Crippen LogP contribution in [0.5, 0.6) is 11.5 Å². The number of hydrogen-bond donors (Lipinski definition) is 0. The van der Waals surface area contributed by atoms with Crippen LogP contribution < -0.4 is 20.0 Å². The van der Waals surface area contributed by atoms with Gasteiger partial charge < -0.3 is 18.8 Å². The summed E-state index contributed by atoms with van der Waals surface area (Å²) < 4.78 is 16.7. The predicted molar refractivity (Wildman–Crippen MR) is 108 cm³/mol. The number of methoxy groups -OCH3 is 1. The van der Waals surface area contributed by atoms with E-state index in [9.17, 15) is 4.79 Å². The van der Waals surface area contributed by atoms with Crippen molar-refractivity contribution in [2.45, 2.75) is 19.8 Å². The fourth-order valence-electron chi connectivity index (χ4n) is 2.93. The molecule has 3 rings (SSSR count). The first-order valence-corrected chi connectivity index (χ1v) is 9.05. The highest BCUT2D eigenvalue weighted by Gasteiger charge is 2.12. The van der Waals surface area contributed by atoms with Crippen molar-refractivity contribution < 1.29 is 13.9 Å². The predicted octanol–water partition coefficient (Wildman–Crippen LogP) is 4.25. The summed E-state index contributed by atoms with van der Waals surface area (Å²) in [6.45, 7) is 2.63. The Morgan fingerprint density at radius 3 is 2.44 bits per heavy atom. The van der Waals surface area contributed by atoms with Crippen molar-refractivity contribution in [2.75, 3.05) is 32.7 Å². The fourth-order valence-corrected chi connectivity index (χ4v) is 2.93. The van der Waals surface area contributed by atoms with E-state index in [0.717, 1.165) is 23.1 Å². The Labute approximate surface area is 159 Å². The van der Waals surface area contributed by atoms with Crippen LogP contribution in [-0.4, -0.2) is 27.8 Å². The second kappa shape index (κ2) is 8.16. The Morgan fingerprint density at radius 2 is 1.81 bits per heavy atom. The maximum Gasteiger partial charge on any atom is 0.339 e. The van der Waals surface area contributed by atoms with Gasteiger partial charge in [-0.25, -0.2) is 4.79 Å². The van der Waals surface area contributed by atoms with E-state index in [2.05, 4.69) is 0 Å². The average Bonchev–Trinajstić information content (AvgIpc) is 2.66. The quantitative estimate of drug-likeness (QED) is 0.585. The molecule has 142 valence electrons. The van der Waals surface area contributed by atoms with Crippen LogP contribution in [0, 0.1) is 0 Å². The number of benzene rings is 2. The van der Waals surface area contributed by atoms with Crippen molar-refractivity contribution in [1.82, 2.24) is 0 Å². The minimum Gasteiger partial charge on any atom is -0.496 e. The van der Waals surface area contributed by atoms with Crippen LogP contribution in [0.3, 0.4) is 0 Å². The van der Waals surface area contributed by atoms with Crippen molar-refractivity contribution in [3.8, 4) is 11.5 Å². The van der Waals surface area contributed by atoms with Gasteiger partial charge in [0.25, 0.3) is 0 Å². The van der Waals surface area contributed by atoms with E-state index in [1.807, 2.05) is 62.3 Å². The molecule has 0 bridgehead atoms. The van der Waals surface area contributed by atoms with Gasteiger partial charge in [-0.3, -0.25) is 0 Å². The van der Waals surface area contributed by atoms with Gasteiger partial charge >= 0.3 is 5.63 Å². The van der Waals surface area contributed by atoms with Crippen LogP contribution in [0.1, 0.15) is 24.5 Å². The molecular formula is C22H25NO4. The van der Waals surface area contributed by atoms with Gasteiger partial charge in [-0.15, -0.1) is 0 Å². The molecule has 0 spiro atoms. The molecule has 1 heterocycles. The largest absolute Gasteiger partial charge is 0.496 e. The van der Waals surface area contributed by atoms with Gasteiger partial charge in [-0.1, -0.05) is 19.1 Å². The van der Waals surface area contributed by atoms with E-state index in [0.29, 0.717) is 35.7 Å². The molecule has 1 aromatic heterocycles. The SMILES string of the molecule is CCCOc1cc(OC)c2cc(Cc3ccc(N(C)C)cc3)c(=O)oc2c1. The average molecular weight is 367 g/mol. The lowest BCUT2D eigenvalue weighted by Crippen LogP contribution is -2.10. The number of rotatable bonds is 7. The van der Waals surface area contributed by atoms with E-state index in [1.54, 1.807) is 13.2 Å². The Balaban J connectivity index is 1.96. The van der Waals surface area contributed by atoms with Crippen LogP contribution in [-0.2, 0) is 6.42 Å². The lowest BCUT2D eigenvalue weighted by molar-refractivity contribution is 0.314. The maximum absolute atomic E-state index is 12.5. The molecule has 0 aliphatic heterocycles. The fraction of sp³-hybridized carbons (Fsp3) is 0.318. The van der Waals surface area contributed by atoms with Crippen molar-refractivity contribution in [2.24, 2.45) is 0 Å². The van der Waals surface area contributed by atoms with Crippen molar-refractivity contribution in [3.05, 3.63) is 64.0 Å². The Bertz CT molecular complexity index is 974. The summed E-state index contributed by atoms with van der Waals surface area (Å²) in [5.74, 6) is 1.27. The minimum absolute atomic E-state index is 0.339. The normalized spacial score (nSPS) is 10.8. The van der Waals surface area contributed by atoms with Crippen LogP contribution in [0.2, 0.25) is 0 Å². The highest BCUT2D eigenvalue weighted by Crippen LogP contribution is 2.31. The number of anilines is 1. The molecule has 0 N–H and O–H groups in total. The lowest BCUT2D eigenvalue weighted by atomic mass is 10.0. The summed E-state index contributed by atoms with van der Waals surface area (Å²) >= 11 is 0. The second-order valence-corrected chi connectivity index (χ2v) is 6.68. The van der Waals surface area contributed by atoms with Crippen molar-refractivity contribution >= 4 is 16.7 Å². The smallest absolute Gasteiger partial charge is 0.339 e. The van der Waals surface area contributed by atoms with E-state index < -0.39 is 0 Å². The first kappa shape index (κ1) is 18.8. The highest BCUT2D eigenvalue weighted by molar-refractivity contribution is 5.85. The maximum atomic E-state index is 12.5. The third kappa shape index (κ3) is 4.25. The zero-order valence-electron chi connectivity index (χ0n) is 16.2. The molecule has 0 saturated heterocycles.